The number of carbonyl (C=O) groups is 2. The first kappa shape index (κ1) is 17.3. The largest absolute Gasteiger partial charge is 0.459 e. The van der Waals surface area contributed by atoms with Crippen LogP contribution in [0.15, 0.2) is 22.8 Å². The van der Waals surface area contributed by atoms with Crippen molar-refractivity contribution < 1.29 is 14.0 Å². The van der Waals surface area contributed by atoms with E-state index < -0.39 is 6.04 Å². The minimum atomic E-state index is -0.527. The molecule has 0 spiro atoms. The third kappa shape index (κ3) is 4.92. The summed E-state index contributed by atoms with van der Waals surface area (Å²) < 4.78 is 5.07. The van der Waals surface area contributed by atoms with E-state index in [0.717, 1.165) is 12.8 Å². The Balaban J connectivity index is 2.79. The fraction of sp³-hybridized carbons (Fsp3) is 0.625. The van der Waals surface area contributed by atoms with Crippen molar-refractivity contribution in [1.29, 1.82) is 0 Å². The number of carbonyl (C=O) groups excluding carboxylic acids is 2. The normalized spacial score (nSPS) is 12.2. The van der Waals surface area contributed by atoms with Crippen LogP contribution in [0.5, 0.6) is 0 Å². The molecule has 1 aromatic rings. The lowest BCUT2D eigenvalue weighted by Gasteiger charge is -2.29. The van der Waals surface area contributed by atoms with E-state index in [-0.39, 0.29) is 23.5 Å². The van der Waals surface area contributed by atoms with E-state index in [9.17, 15) is 9.59 Å². The highest BCUT2D eigenvalue weighted by atomic mass is 16.3. The van der Waals surface area contributed by atoms with Crippen molar-refractivity contribution in [2.45, 2.75) is 46.6 Å². The zero-order valence-corrected chi connectivity index (χ0v) is 13.4. The molecule has 0 saturated heterocycles. The van der Waals surface area contributed by atoms with Crippen LogP contribution in [0.4, 0.5) is 0 Å². The van der Waals surface area contributed by atoms with Crippen molar-refractivity contribution in [3.05, 3.63) is 24.2 Å². The standard InChI is InChI=1S/C16H26N2O3/c1-5-9-18(10-6-2)16(20)14(12(3)4)17-15(19)13-8-7-11-21-13/h7-8,11-12,14H,5-6,9-10H2,1-4H3,(H,17,19). The van der Waals surface area contributed by atoms with Gasteiger partial charge in [-0.1, -0.05) is 27.7 Å². The zero-order chi connectivity index (χ0) is 15.8. The van der Waals surface area contributed by atoms with Crippen LogP contribution in [0.1, 0.15) is 51.1 Å². The molecule has 0 aliphatic carbocycles. The maximum atomic E-state index is 12.7. The fourth-order valence-corrected chi connectivity index (χ4v) is 2.20. The third-order valence-electron chi connectivity index (χ3n) is 3.26. The van der Waals surface area contributed by atoms with Gasteiger partial charge < -0.3 is 14.6 Å². The van der Waals surface area contributed by atoms with Crippen LogP contribution in [0, 0.1) is 5.92 Å². The maximum absolute atomic E-state index is 12.7. The Morgan fingerprint density at radius 3 is 2.29 bits per heavy atom. The maximum Gasteiger partial charge on any atom is 0.287 e. The molecular weight excluding hydrogens is 268 g/mol. The van der Waals surface area contributed by atoms with Crippen molar-refractivity contribution >= 4 is 11.8 Å². The summed E-state index contributed by atoms with van der Waals surface area (Å²) in [5.41, 5.74) is 0. The van der Waals surface area contributed by atoms with Gasteiger partial charge in [0.2, 0.25) is 5.91 Å². The second kappa shape index (κ2) is 8.49. The van der Waals surface area contributed by atoms with Gasteiger partial charge in [0.25, 0.3) is 5.91 Å². The molecule has 1 N–H and O–H groups in total. The predicted octanol–water partition coefficient (Wildman–Crippen LogP) is 2.68. The van der Waals surface area contributed by atoms with E-state index >= 15 is 0 Å². The second-order valence-electron chi connectivity index (χ2n) is 5.50. The Kier molecular flexibility index (Phi) is 6.99. The van der Waals surface area contributed by atoms with E-state index in [0.29, 0.717) is 13.1 Å². The van der Waals surface area contributed by atoms with Gasteiger partial charge in [-0.2, -0.15) is 0 Å². The number of hydrogen-bond donors (Lipinski definition) is 1. The van der Waals surface area contributed by atoms with Gasteiger partial charge in [-0.15, -0.1) is 0 Å². The molecule has 0 saturated carbocycles. The van der Waals surface area contributed by atoms with Crippen LogP contribution in [0.25, 0.3) is 0 Å². The SMILES string of the molecule is CCCN(CCC)C(=O)C(NC(=O)c1ccco1)C(C)C. The lowest BCUT2D eigenvalue weighted by atomic mass is 10.0. The fourth-order valence-electron chi connectivity index (χ4n) is 2.20. The summed E-state index contributed by atoms with van der Waals surface area (Å²) in [6.07, 6.45) is 3.26. The molecule has 0 aromatic carbocycles. The van der Waals surface area contributed by atoms with Crippen LogP contribution in [0.3, 0.4) is 0 Å². The molecule has 0 fully saturated rings. The minimum absolute atomic E-state index is 0.0198. The topological polar surface area (TPSA) is 62.6 Å². The minimum Gasteiger partial charge on any atom is -0.459 e. The number of hydrogen-bond acceptors (Lipinski definition) is 3. The Labute approximate surface area is 126 Å². The molecule has 2 amide bonds. The molecule has 0 radical (unpaired) electrons. The molecule has 1 rings (SSSR count). The molecule has 118 valence electrons. The lowest BCUT2D eigenvalue weighted by Crippen LogP contribution is -2.51. The first-order valence-corrected chi connectivity index (χ1v) is 7.64. The van der Waals surface area contributed by atoms with E-state index in [4.69, 9.17) is 4.42 Å². The van der Waals surface area contributed by atoms with E-state index in [1.54, 1.807) is 12.1 Å². The smallest absolute Gasteiger partial charge is 0.287 e. The van der Waals surface area contributed by atoms with Crippen molar-refractivity contribution in [2.24, 2.45) is 5.92 Å². The molecule has 5 nitrogen and oxygen atoms in total. The highest BCUT2D eigenvalue weighted by molar-refractivity contribution is 5.95. The number of nitrogens with zero attached hydrogens (tertiary/aromatic N) is 1. The molecule has 1 heterocycles. The molecule has 1 atom stereocenters. The van der Waals surface area contributed by atoms with Crippen LogP contribution >= 0.6 is 0 Å². The van der Waals surface area contributed by atoms with E-state index in [1.165, 1.54) is 6.26 Å². The van der Waals surface area contributed by atoms with Crippen LogP contribution < -0.4 is 5.32 Å². The highest BCUT2D eigenvalue weighted by Gasteiger charge is 2.28. The molecule has 5 heteroatoms. The van der Waals surface area contributed by atoms with Gasteiger partial charge >= 0.3 is 0 Å². The average Bonchev–Trinajstić information content (AvgIpc) is 2.97. The highest BCUT2D eigenvalue weighted by Crippen LogP contribution is 2.10. The molecule has 21 heavy (non-hydrogen) atoms. The van der Waals surface area contributed by atoms with Gasteiger partial charge in [0.05, 0.1) is 6.26 Å². The summed E-state index contributed by atoms with van der Waals surface area (Å²) in [5, 5.41) is 2.79. The first-order valence-electron chi connectivity index (χ1n) is 7.64. The van der Waals surface area contributed by atoms with Crippen molar-refractivity contribution in [2.75, 3.05) is 13.1 Å². The summed E-state index contributed by atoms with van der Waals surface area (Å²) in [6, 6.07) is 2.72. The van der Waals surface area contributed by atoms with Crippen molar-refractivity contribution in [3.8, 4) is 0 Å². The molecule has 1 unspecified atom stereocenters. The summed E-state index contributed by atoms with van der Waals surface area (Å²) >= 11 is 0. The molecule has 0 aliphatic rings. The lowest BCUT2D eigenvalue weighted by molar-refractivity contribution is -0.134. The summed E-state index contributed by atoms with van der Waals surface area (Å²) in [5.74, 6) is -0.118. The number of nitrogens with one attached hydrogen (secondary N) is 1. The summed E-state index contributed by atoms with van der Waals surface area (Å²) in [4.78, 5) is 26.6. The Bertz CT molecular complexity index is 434. The average molecular weight is 294 g/mol. The Morgan fingerprint density at radius 1 is 1.24 bits per heavy atom. The summed E-state index contributed by atoms with van der Waals surface area (Å²) in [7, 11) is 0. The van der Waals surface area contributed by atoms with Gasteiger partial charge in [-0.25, -0.2) is 0 Å². The number of amides is 2. The van der Waals surface area contributed by atoms with Gasteiger partial charge in [-0.05, 0) is 30.9 Å². The van der Waals surface area contributed by atoms with Crippen molar-refractivity contribution in [3.63, 3.8) is 0 Å². The Hall–Kier alpha value is -1.78. The number of furan rings is 1. The number of rotatable bonds is 8. The Morgan fingerprint density at radius 2 is 1.86 bits per heavy atom. The molecule has 0 aliphatic heterocycles. The first-order chi connectivity index (χ1) is 10.0. The van der Waals surface area contributed by atoms with Gasteiger partial charge in [0.15, 0.2) is 5.76 Å². The predicted molar refractivity (Wildman–Crippen MR) is 82.0 cm³/mol. The molecule has 1 aromatic heterocycles. The van der Waals surface area contributed by atoms with Gasteiger partial charge in [0.1, 0.15) is 6.04 Å². The third-order valence-corrected chi connectivity index (χ3v) is 3.26. The quantitative estimate of drug-likeness (QED) is 0.802. The molecule has 0 bridgehead atoms. The summed E-state index contributed by atoms with van der Waals surface area (Å²) in [6.45, 7) is 9.38. The van der Waals surface area contributed by atoms with Crippen LogP contribution in [0.2, 0.25) is 0 Å². The molecular formula is C16H26N2O3. The monoisotopic (exact) mass is 294 g/mol. The zero-order valence-electron chi connectivity index (χ0n) is 13.4. The second-order valence-corrected chi connectivity index (χ2v) is 5.50. The van der Waals surface area contributed by atoms with Crippen molar-refractivity contribution in [1.82, 2.24) is 10.2 Å². The van der Waals surface area contributed by atoms with Crippen LogP contribution in [-0.4, -0.2) is 35.8 Å². The van der Waals surface area contributed by atoms with Gasteiger partial charge in [-0.3, -0.25) is 9.59 Å². The van der Waals surface area contributed by atoms with Crippen LogP contribution in [-0.2, 0) is 4.79 Å². The van der Waals surface area contributed by atoms with Gasteiger partial charge in [0, 0.05) is 13.1 Å². The van der Waals surface area contributed by atoms with E-state index in [2.05, 4.69) is 5.32 Å². The van der Waals surface area contributed by atoms with E-state index in [1.807, 2.05) is 32.6 Å².